The summed E-state index contributed by atoms with van der Waals surface area (Å²) in [6.07, 6.45) is 3.18. The molecule has 2 aromatic heterocycles. The second kappa shape index (κ2) is 8.36. The van der Waals surface area contributed by atoms with E-state index < -0.39 is 5.41 Å². The second-order valence-electron chi connectivity index (χ2n) is 7.68. The maximum atomic E-state index is 13.1. The normalized spacial score (nSPS) is 11.7. The summed E-state index contributed by atoms with van der Waals surface area (Å²) in [5.41, 5.74) is 0.639. The number of ketones is 2. The average molecular weight is 409 g/mol. The van der Waals surface area contributed by atoms with Gasteiger partial charge in [0, 0.05) is 34.7 Å². The molecule has 0 atom stereocenters. The van der Waals surface area contributed by atoms with Gasteiger partial charge in [0.1, 0.15) is 30.5 Å². The molecule has 0 aliphatic rings. The number of Topliss-reactive ketones (excluding diaryl/α,β-unsaturated/α-hetero) is 1. The molecule has 30 heavy (non-hydrogen) atoms. The first-order valence-electron chi connectivity index (χ1n) is 9.29. The van der Waals surface area contributed by atoms with Crippen LogP contribution < -0.4 is 9.47 Å². The average Bonchev–Trinajstić information content (AvgIpc) is 3.09. The van der Waals surface area contributed by atoms with Crippen LogP contribution in [0.4, 0.5) is 0 Å². The van der Waals surface area contributed by atoms with Gasteiger partial charge < -0.3 is 14.6 Å². The minimum atomic E-state index is -0.538. The van der Waals surface area contributed by atoms with Crippen molar-refractivity contribution in [3.05, 3.63) is 60.3 Å². The summed E-state index contributed by atoms with van der Waals surface area (Å²) in [4.78, 5) is 29.7. The van der Waals surface area contributed by atoms with Crippen molar-refractivity contribution in [2.45, 2.75) is 27.3 Å². The lowest BCUT2D eigenvalue weighted by Gasteiger charge is -2.16. The Hall–Kier alpha value is -3.68. The number of benzene rings is 1. The Kier molecular flexibility index (Phi) is 5.86. The molecule has 0 aliphatic carbocycles. The fourth-order valence-corrected chi connectivity index (χ4v) is 2.76. The zero-order valence-electron chi connectivity index (χ0n) is 17.2. The first-order chi connectivity index (χ1) is 14.2. The number of methoxy groups -OCH3 is 1. The number of pyridine rings is 1. The number of hydrogen-bond donors (Lipinski definition) is 1. The third-order valence-electron chi connectivity index (χ3n) is 4.55. The van der Waals surface area contributed by atoms with E-state index >= 15 is 0 Å². The van der Waals surface area contributed by atoms with Gasteiger partial charge in [-0.05, 0) is 18.2 Å². The Bertz CT molecular complexity index is 1110. The summed E-state index contributed by atoms with van der Waals surface area (Å²) in [6.45, 7) is 5.57. The molecule has 1 aromatic carbocycles. The topological polar surface area (TPSA) is 104 Å². The van der Waals surface area contributed by atoms with E-state index in [9.17, 15) is 9.59 Å². The molecule has 0 aliphatic heterocycles. The summed E-state index contributed by atoms with van der Waals surface area (Å²) in [7, 11) is 1.55. The molecule has 0 unspecified atom stereocenters. The molecule has 8 heteroatoms. The monoisotopic (exact) mass is 409 g/mol. The van der Waals surface area contributed by atoms with Crippen LogP contribution >= 0.6 is 0 Å². The van der Waals surface area contributed by atoms with Gasteiger partial charge in [0.05, 0.1) is 12.6 Å². The Labute approximate surface area is 173 Å². The predicted molar refractivity (Wildman–Crippen MR) is 111 cm³/mol. The highest BCUT2D eigenvalue weighted by atomic mass is 16.5. The lowest BCUT2D eigenvalue weighted by molar-refractivity contribution is -0.127. The van der Waals surface area contributed by atoms with E-state index in [1.807, 2.05) is 20.8 Å². The number of rotatable bonds is 7. The highest BCUT2D eigenvalue weighted by molar-refractivity contribution is 6.15. The molecule has 2 heterocycles. The van der Waals surface area contributed by atoms with Gasteiger partial charge in [-0.25, -0.2) is 4.98 Å². The van der Waals surface area contributed by atoms with Crippen LogP contribution in [0.1, 0.15) is 36.8 Å². The Morgan fingerprint density at radius 1 is 1.20 bits per heavy atom. The van der Waals surface area contributed by atoms with Crippen molar-refractivity contribution in [1.82, 2.24) is 14.8 Å². The Morgan fingerprint density at radius 2 is 1.97 bits per heavy atom. The summed E-state index contributed by atoms with van der Waals surface area (Å²) < 4.78 is 11.9. The molecule has 3 rings (SSSR count). The first-order valence-corrected chi connectivity index (χ1v) is 9.29. The molecule has 0 bridgehead atoms. The van der Waals surface area contributed by atoms with Gasteiger partial charge in [0.15, 0.2) is 5.78 Å². The van der Waals surface area contributed by atoms with Gasteiger partial charge in [-0.2, -0.15) is 5.10 Å². The highest BCUT2D eigenvalue weighted by Crippen LogP contribution is 2.27. The van der Waals surface area contributed by atoms with Crippen LogP contribution in [-0.2, 0) is 11.3 Å². The number of ether oxygens (including phenoxy) is 2. The van der Waals surface area contributed by atoms with E-state index in [1.165, 1.54) is 16.9 Å². The van der Waals surface area contributed by atoms with Crippen LogP contribution in [-0.4, -0.2) is 38.5 Å². The molecule has 0 amide bonds. The minimum Gasteiger partial charge on any atom is -0.512 e. The Balaban J connectivity index is 2.02. The fraction of sp³-hybridized carbons (Fsp3) is 0.273. The molecule has 8 nitrogen and oxygen atoms in total. The van der Waals surface area contributed by atoms with E-state index in [0.717, 1.165) is 12.5 Å². The molecule has 0 saturated heterocycles. The van der Waals surface area contributed by atoms with Crippen molar-refractivity contribution in [2.75, 3.05) is 7.11 Å². The van der Waals surface area contributed by atoms with Gasteiger partial charge in [0.25, 0.3) is 0 Å². The van der Waals surface area contributed by atoms with Crippen molar-refractivity contribution >= 4 is 22.5 Å². The van der Waals surface area contributed by atoms with Crippen LogP contribution in [0, 0.1) is 5.41 Å². The smallest absolute Gasteiger partial charge is 0.218 e. The number of aromatic nitrogens is 3. The van der Waals surface area contributed by atoms with Gasteiger partial charge in [-0.3, -0.25) is 14.3 Å². The molecule has 3 aromatic rings. The maximum absolute atomic E-state index is 13.1. The molecular weight excluding hydrogens is 386 g/mol. The van der Waals surface area contributed by atoms with E-state index in [0.29, 0.717) is 22.2 Å². The van der Waals surface area contributed by atoms with E-state index in [2.05, 4.69) is 10.1 Å². The third kappa shape index (κ3) is 4.32. The van der Waals surface area contributed by atoms with Crippen molar-refractivity contribution in [3.63, 3.8) is 0 Å². The van der Waals surface area contributed by atoms with Gasteiger partial charge in [-0.15, -0.1) is 0 Å². The van der Waals surface area contributed by atoms with E-state index in [4.69, 9.17) is 14.6 Å². The molecule has 0 spiro atoms. The zero-order valence-corrected chi connectivity index (χ0v) is 17.2. The van der Waals surface area contributed by atoms with Gasteiger partial charge >= 0.3 is 0 Å². The molecule has 0 saturated carbocycles. The predicted octanol–water partition coefficient (Wildman–Crippen LogP) is 3.69. The zero-order chi connectivity index (χ0) is 21.9. The van der Waals surface area contributed by atoms with Crippen molar-refractivity contribution in [2.24, 2.45) is 5.41 Å². The minimum absolute atomic E-state index is 0.00572. The largest absolute Gasteiger partial charge is 0.512 e. The van der Waals surface area contributed by atoms with E-state index in [1.54, 1.807) is 31.4 Å². The Morgan fingerprint density at radius 3 is 2.57 bits per heavy atom. The van der Waals surface area contributed by atoms with Crippen LogP contribution in [0.25, 0.3) is 10.9 Å². The summed E-state index contributed by atoms with van der Waals surface area (Å²) in [5.74, 6) is 0.497. The number of aliphatic hydroxyl groups is 1. The molecule has 156 valence electrons. The quantitative estimate of drug-likeness (QED) is 0.469. The van der Waals surface area contributed by atoms with Crippen LogP contribution in [0.15, 0.2) is 49.1 Å². The van der Waals surface area contributed by atoms with Crippen molar-refractivity contribution < 1.29 is 24.2 Å². The standard InChI is InChI=1S/C22H23N3O5/c1-22(2,3)18(27)13-25-17-11-15(29-4)6-7-16(17)20(24-25)21(28)14-5-8-19(23-12-14)30-10-9-26/h5-12,26H,13H2,1-4H3/b10-9+. The number of hydrogen-bond acceptors (Lipinski definition) is 7. The third-order valence-corrected chi connectivity index (χ3v) is 4.55. The SMILES string of the molecule is COc1ccc2c(C(=O)c3ccc(O/C=C/O)nc3)nn(CC(=O)C(C)(C)C)c2c1. The van der Waals surface area contributed by atoms with E-state index in [-0.39, 0.29) is 29.7 Å². The van der Waals surface area contributed by atoms with Crippen LogP contribution in [0.2, 0.25) is 0 Å². The first kappa shape index (κ1) is 21.0. The number of carbonyl (C=O) groups excluding carboxylic acids is 2. The number of fused-ring (bicyclic) bond motifs is 1. The highest BCUT2D eigenvalue weighted by Gasteiger charge is 2.25. The molecule has 0 fully saturated rings. The fourth-order valence-electron chi connectivity index (χ4n) is 2.76. The molecule has 1 N–H and O–H groups in total. The summed E-state index contributed by atoms with van der Waals surface area (Å²) in [5, 5.41) is 13.7. The lowest BCUT2D eigenvalue weighted by atomic mass is 9.91. The molecular formula is C22H23N3O5. The van der Waals surface area contributed by atoms with Crippen LogP contribution in [0.5, 0.6) is 11.6 Å². The lowest BCUT2D eigenvalue weighted by Crippen LogP contribution is -2.25. The summed E-state index contributed by atoms with van der Waals surface area (Å²) >= 11 is 0. The van der Waals surface area contributed by atoms with Crippen molar-refractivity contribution in [3.8, 4) is 11.6 Å². The van der Waals surface area contributed by atoms with Crippen LogP contribution in [0.3, 0.4) is 0 Å². The molecule has 0 radical (unpaired) electrons. The maximum Gasteiger partial charge on any atom is 0.218 e. The number of carbonyl (C=O) groups is 2. The number of aliphatic hydroxyl groups excluding tert-OH is 1. The number of nitrogens with zero attached hydrogens (tertiary/aromatic N) is 3. The summed E-state index contributed by atoms with van der Waals surface area (Å²) in [6, 6.07) is 8.32. The van der Waals surface area contributed by atoms with Crippen molar-refractivity contribution in [1.29, 1.82) is 0 Å². The van der Waals surface area contributed by atoms with Gasteiger partial charge in [0.2, 0.25) is 11.7 Å². The second-order valence-corrected chi connectivity index (χ2v) is 7.68. The van der Waals surface area contributed by atoms with Gasteiger partial charge in [-0.1, -0.05) is 20.8 Å².